The lowest BCUT2D eigenvalue weighted by Gasteiger charge is -2.33. The highest BCUT2D eigenvalue weighted by Crippen LogP contribution is 2.46. The van der Waals surface area contributed by atoms with Gasteiger partial charge in [0, 0.05) is 6.42 Å². The normalized spacial score (nSPS) is 25.2. The Labute approximate surface area is 147 Å². The van der Waals surface area contributed by atoms with E-state index in [0.29, 0.717) is 12.8 Å². The van der Waals surface area contributed by atoms with Crippen molar-refractivity contribution in [3.63, 3.8) is 0 Å². The number of hydrogen-bond donors (Lipinski definition) is 0. The number of fused-ring (bicyclic) bond motifs is 2. The molecular formula is C19H23NO5. The molecule has 6 nitrogen and oxygen atoms in total. The first-order chi connectivity index (χ1) is 11.7. The molecule has 2 aliphatic heterocycles. The minimum Gasteiger partial charge on any atom is -0.458 e. The third-order valence-corrected chi connectivity index (χ3v) is 4.62. The highest BCUT2D eigenvalue weighted by atomic mass is 16.6. The molecule has 2 saturated heterocycles. The van der Waals surface area contributed by atoms with Gasteiger partial charge in [-0.05, 0) is 39.2 Å². The molecule has 1 aromatic rings. The minimum absolute atomic E-state index is 0.00696. The van der Waals surface area contributed by atoms with Crippen molar-refractivity contribution in [2.24, 2.45) is 0 Å². The van der Waals surface area contributed by atoms with Crippen LogP contribution in [0.4, 0.5) is 4.79 Å². The van der Waals surface area contributed by atoms with Crippen molar-refractivity contribution >= 4 is 17.8 Å². The van der Waals surface area contributed by atoms with Gasteiger partial charge in [0.15, 0.2) is 11.3 Å². The SMILES string of the molecule is CC(C)(C)OC(=O)[C@]12CC[C@H](C(=O)C1)N2C(=O)OCc1ccccc1. The Morgan fingerprint density at radius 1 is 1.24 bits per heavy atom. The van der Waals surface area contributed by atoms with Gasteiger partial charge in [0.2, 0.25) is 0 Å². The van der Waals surface area contributed by atoms with E-state index in [4.69, 9.17) is 9.47 Å². The van der Waals surface area contributed by atoms with Crippen LogP contribution in [0.25, 0.3) is 0 Å². The van der Waals surface area contributed by atoms with Crippen molar-refractivity contribution in [3.05, 3.63) is 35.9 Å². The van der Waals surface area contributed by atoms with Crippen molar-refractivity contribution in [1.29, 1.82) is 0 Å². The average Bonchev–Trinajstić information content (AvgIpc) is 3.05. The van der Waals surface area contributed by atoms with E-state index >= 15 is 0 Å². The molecule has 0 spiro atoms. The Balaban J connectivity index is 1.77. The van der Waals surface area contributed by atoms with Gasteiger partial charge in [0.1, 0.15) is 12.2 Å². The second-order valence-electron chi connectivity index (χ2n) is 7.64. The fourth-order valence-corrected chi connectivity index (χ4v) is 3.54. The lowest BCUT2D eigenvalue weighted by atomic mass is 9.87. The first-order valence-electron chi connectivity index (χ1n) is 8.49. The van der Waals surface area contributed by atoms with Crippen LogP contribution in [0, 0.1) is 0 Å². The predicted molar refractivity (Wildman–Crippen MR) is 89.7 cm³/mol. The third-order valence-electron chi connectivity index (χ3n) is 4.62. The van der Waals surface area contributed by atoms with E-state index in [-0.39, 0.29) is 18.8 Å². The third kappa shape index (κ3) is 3.25. The van der Waals surface area contributed by atoms with Crippen molar-refractivity contribution in [2.75, 3.05) is 0 Å². The van der Waals surface area contributed by atoms with E-state index in [1.54, 1.807) is 20.8 Å². The molecule has 0 N–H and O–H groups in total. The molecule has 134 valence electrons. The molecule has 1 amide bonds. The molecule has 6 heteroatoms. The summed E-state index contributed by atoms with van der Waals surface area (Å²) in [6.45, 7) is 5.40. The Bertz CT molecular complexity index is 694. The maximum Gasteiger partial charge on any atom is 0.411 e. The molecule has 2 atom stereocenters. The largest absolute Gasteiger partial charge is 0.458 e. The van der Waals surface area contributed by atoms with E-state index < -0.39 is 29.2 Å². The number of ketones is 1. The summed E-state index contributed by atoms with van der Waals surface area (Å²) in [5, 5.41) is 0. The van der Waals surface area contributed by atoms with Crippen LogP contribution in [0.2, 0.25) is 0 Å². The summed E-state index contributed by atoms with van der Waals surface area (Å²) in [7, 11) is 0. The Hall–Kier alpha value is -2.37. The van der Waals surface area contributed by atoms with Gasteiger partial charge < -0.3 is 9.47 Å². The molecule has 3 rings (SSSR count). The summed E-state index contributed by atoms with van der Waals surface area (Å²) in [5.41, 5.74) is -1.06. The van der Waals surface area contributed by atoms with Gasteiger partial charge in [-0.2, -0.15) is 0 Å². The Kier molecular flexibility index (Phi) is 4.31. The van der Waals surface area contributed by atoms with Gasteiger partial charge in [-0.25, -0.2) is 9.59 Å². The maximum absolute atomic E-state index is 12.8. The molecule has 2 bridgehead atoms. The standard InChI is InChI=1S/C19H23NO5/c1-18(2,3)25-16(22)19-10-9-14(15(21)11-19)20(19)17(23)24-12-13-7-5-4-6-8-13/h4-8,14H,9-12H2,1-3H3/t14-,19+/m1/s1. The van der Waals surface area contributed by atoms with Crippen LogP contribution in [0.3, 0.4) is 0 Å². The van der Waals surface area contributed by atoms with Crippen molar-refractivity contribution in [1.82, 2.24) is 4.90 Å². The molecule has 0 aromatic heterocycles. The van der Waals surface area contributed by atoms with Crippen LogP contribution in [0.1, 0.15) is 45.6 Å². The van der Waals surface area contributed by atoms with Crippen LogP contribution in [-0.2, 0) is 25.7 Å². The van der Waals surface area contributed by atoms with Crippen LogP contribution in [0.15, 0.2) is 30.3 Å². The lowest BCUT2D eigenvalue weighted by molar-refractivity contribution is -0.166. The smallest absolute Gasteiger partial charge is 0.411 e. The van der Waals surface area contributed by atoms with Crippen LogP contribution in [0.5, 0.6) is 0 Å². The van der Waals surface area contributed by atoms with E-state index in [9.17, 15) is 14.4 Å². The number of benzene rings is 1. The summed E-state index contributed by atoms with van der Waals surface area (Å²) in [4.78, 5) is 39.0. The number of amides is 1. The van der Waals surface area contributed by atoms with Gasteiger partial charge in [-0.1, -0.05) is 30.3 Å². The summed E-state index contributed by atoms with van der Waals surface area (Å²) in [6, 6.07) is 8.70. The van der Waals surface area contributed by atoms with Crippen molar-refractivity contribution < 1.29 is 23.9 Å². The topological polar surface area (TPSA) is 72.9 Å². The first kappa shape index (κ1) is 17.5. The summed E-state index contributed by atoms with van der Waals surface area (Å²) in [6.07, 6.45) is 0.271. The lowest BCUT2D eigenvalue weighted by Crippen LogP contribution is -2.53. The fourth-order valence-electron chi connectivity index (χ4n) is 3.54. The van der Waals surface area contributed by atoms with Crippen molar-refractivity contribution in [3.8, 4) is 0 Å². The van der Waals surface area contributed by atoms with Crippen LogP contribution in [-0.4, -0.2) is 39.9 Å². The van der Waals surface area contributed by atoms with Crippen LogP contribution >= 0.6 is 0 Å². The fraction of sp³-hybridized carbons (Fsp3) is 0.526. The van der Waals surface area contributed by atoms with Gasteiger partial charge >= 0.3 is 12.1 Å². The number of nitrogens with zero attached hydrogens (tertiary/aromatic N) is 1. The van der Waals surface area contributed by atoms with Gasteiger partial charge in [-0.15, -0.1) is 0 Å². The maximum atomic E-state index is 12.8. The monoisotopic (exact) mass is 345 g/mol. The quantitative estimate of drug-likeness (QED) is 0.788. The molecule has 2 heterocycles. The van der Waals surface area contributed by atoms with E-state index in [2.05, 4.69) is 0 Å². The Morgan fingerprint density at radius 2 is 1.92 bits per heavy atom. The molecule has 0 saturated carbocycles. The number of rotatable bonds is 3. The predicted octanol–water partition coefficient (Wildman–Crippen LogP) is 2.84. The molecule has 2 aliphatic rings. The number of Topliss-reactive ketones (excluding diaryl/α,β-unsaturated/α-hetero) is 1. The zero-order valence-electron chi connectivity index (χ0n) is 14.8. The van der Waals surface area contributed by atoms with E-state index in [1.165, 1.54) is 4.90 Å². The van der Waals surface area contributed by atoms with Gasteiger partial charge in [-0.3, -0.25) is 9.69 Å². The first-order valence-corrected chi connectivity index (χ1v) is 8.49. The molecule has 1 aromatic carbocycles. The molecule has 0 unspecified atom stereocenters. The molecule has 2 fully saturated rings. The number of hydrogen-bond acceptors (Lipinski definition) is 5. The summed E-state index contributed by atoms with van der Waals surface area (Å²) >= 11 is 0. The number of ether oxygens (including phenoxy) is 2. The zero-order chi connectivity index (χ0) is 18.2. The van der Waals surface area contributed by atoms with Gasteiger partial charge in [0.05, 0.1) is 6.04 Å². The van der Waals surface area contributed by atoms with Crippen LogP contribution < -0.4 is 0 Å². The Morgan fingerprint density at radius 3 is 2.52 bits per heavy atom. The highest BCUT2D eigenvalue weighted by molar-refractivity contribution is 6.02. The second kappa shape index (κ2) is 6.17. The second-order valence-corrected chi connectivity index (χ2v) is 7.64. The number of carbonyl (C=O) groups excluding carboxylic acids is 3. The number of carbonyl (C=O) groups is 3. The summed E-state index contributed by atoms with van der Waals surface area (Å²) < 4.78 is 10.9. The zero-order valence-corrected chi connectivity index (χ0v) is 14.8. The molecule has 25 heavy (non-hydrogen) atoms. The van der Waals surface area contributed by atoms with E-state index in [0.717, 1.165) is 5.56 Å². The average molecular weight is 345 g/mol. The molecule has 0 aliphatic carbocycles. The van der Waals surface area contributed by atoms with Gasteiger partial charge in [0.25, 0.3) is 0 Å². The van der Waals surface area contributed by atoms with Crippen molar-refractivity contribution in [2.45, 2.75) is 63.8 Å². The molecular weight excluding hydrogens is 322 g/mol. The number of esters is 1. The molecule has 0 radical (unpaired) electrons. The minimum atomic E-state index is -1.22. The summed E-state index contributed by atoms with van der Waals surface area (Å²) in [5.74, 6) is -0.626. The van der Waals surface area contributed by atoms with E-state index in [1.807, 2.05) is 30.3 Å². The highest BCUT2D eigenvalue weighted by Gasteiger charge is 2.64.